The van der Waals surface area contributed by atoms with Crippen molar-refractivity contribution in [2.75, 3.05) is 0 Å². The monoisotopic (exact) mass is 348 g/mol. The summed E-state index contributed by atoms with van der Waals surface area (Å²) < 4.78 is 3.90. The zero-order valence-electron chi connectivity index (χ0n) is 14.9. The van der Waals surface area contributed by atoms with Crippen molar-refractivity contribution in [2.24, 2.45) is 7.05 Å². The van der Waals surface area contributed by atoms with Crippen molar-refractivity contribution in [2.45, 2.75) is 19.8 Å². The first-order chi connectivity index (χ1) is 12.5. The lowest BCUT2D eigenvalue weighted by Crippen LogP contribution is -1.98. The Morgan fingerprint density at radius 1 is 1.00 bits per heavy atom. The van der Waals surface area contributed by atoms with E-state index in [0.717, 1.165) is 22.2 Å². The molecule has 4 rings (SSSR count). The SMILES string of the molecule is CC(C)c1cc(-c2nncn2-c2ccc3c(ccn3C)c2)c(O)cc1O. The maximum atomic E-state index is 10.4. The lowest BCUT2D eigenvalue weighted by atomic mass is 9.98. The summed E-state index contributed by atoms with van der Waals surface area (Å²) in [7, 11) is 2.01. The maximum Gasteiger partial charge on any atom is 0.172 e. The fraction of sp³-hybridized carbons (Fsp3) is 0.200. The molecule has 0 saturated heterocycles. The van der Waals surface area contributed by atoms with Gasteiger partial charge in [0.05, 0.1) is 5.56 Å². The van der Waals surface area contributed by atoms with Gasteiger partial charge in [0.2, 0.25) is 0 Å². The molecule has 6 heteroatoms. The molecule has 0 fully saturated rings. The van der Waals surface area contributed by atoms with Crippen LogP contribution in [0.2, 0.25) is 0 Å². The van der Waals surface area contributed by atoms with Crippen molar-refractivity contribution in [3.8, 4) is 28.6 Å². The number of phenols is 2. The number of hydrogen-bond donors (Lipinski definition) is 2. The van der Waals surface area contributed by atoms with Gasteiger partial charge in [-0.1, -0.05) is 13.8 Å². The van der Waals surface area contributed by atoms with E-state index in [2.05, 4.69) is 26.9 Å². The van der Waals surface area contributed by atoms with Gasteiger partial charge in [0.15, 0.2) is 5.82 Å². The number of aromatic hydroxyl groups is 2. The van der Waals surface area contributed by atoms with E-state index in [1.54, 1.807) is 12.4 Å². The third-order valence-corrected chi connectivity index (χ3v) is 4.70. The molecule has 0 aliphatic rings. The minimum Gasteiger partial charge on any atom is -0.508 e. The number of rotatable bonds is 3. The van der Waals surface area contributed by atoms with E-state index in [0.29, 0.717) is 11.4 Å². The largest absolute Gasteiger partial charge is 0.508 e. The van der Waals surface area contributed by atoms with Gasteiger partial charge in [-0.15, -0.1) is 10.2 Å². The highest BCUT2D eigenvalue weighted by atomic mass is 16.3. The van der Waals surface area contributed by atoms with Gasteiger partial charge in [0.25, 0.3) is 0 Å². The molecule has 2 aromatic heterocycles. The van der Waals surface area contributed by atoms with Gasteiger partial charge in [0.1, 0.15) is 17.8 Å². The third-order valence-electron chi connectivity index (χ3n) is 4.70. The number of aryl methyl sites for hydroxylation is 1. The van der Waals surface area contributed by atoms with Crippen LogP contribution in [0.15, 0.2) is 48.9 Å². The van der Waals surface area contributed by atoms with Crippen molar-refractivity contribution in [1.29, 1.82) is 0 Å². The summed E-state index contributed by atoms with van der Waals surface area (Å²) in [5.41, 5.74) is 3.34. The van der Waals surface area contributed by atoms with E-state index in [4.69, 9.17) is 0 Å². The molecule has 0 aliphatic carbocycles. The molecule has 0 aliphatic heterocycles. The molecule has 132 valence electrons. The standard InChI is InChI=1S/C20H20N4O2/c1-12(2)15-9-16(19(26)10-18(15)25)20-22-21-11-24(20)14-4-5-17-13(8-14)6-7-23(17)3/h4-12,25-26H,1-3H3. The molecular weight excluding hydrogens is 328 g/mol. The zero-order chi connectivity index (χ0) is 18.4. The van der Waals surface area contributed by atoms with E-state index < -0.39 is 0 Å². The number of benzene rings is 2. The molecule has 0 saturated carbocycles. The van der Waals surface area contributed by atoms with Gasteiger partial charge in [-0.25, -0.2) is 0 Å². The fourth-order valence-electron chi connectivity index (χ4n) is 3.26. The summed E-state index contributed by atoms with van der Waals surface area (Å²) in [5.74, 6) is 0.700. The molecule has 0 unspecified atom stereocenters. The Bertz CT molecular complexity index is 1110. The van der Waals surface area contributed by atoms with Crippen molar-refractivity contribution in [3.63, 3.8) is 0 Å². The van der Waals surface area contributed by atoms with E-state index in [-0.39, 0.29) is 17.4 Å². The Balaban J connectivity index is 1.88. The maximum absolute atomic E-state index is 10.4. The predicted molar refractivity (Wildman–Crippen MR) is 101 cm³/mol. The van der Waals surface area contributed by atoms with Crippen LogP contribution in [0.4, 0.5) is 0 Å². The normalized spacial score (nSPS) is 11.5. The van der Waals surface area contributed by atoms with Crippen LogP contribution in [0.25, 0.3) is 28.0 Å². The van der Waals surface area contributed by atoms with Gasteiger partial charge in [0, 0.05) is 35.9 Å². The number of phenolic OH excluding ortho intramolecular Hbond substituents is 2. The molecule has 0 atom stereocenters. The van der Waals surface area contributed by atoms with Crippen molar-refractivity contribution in [3.05, 3.63) is 54.5 Å². The molecule has 2 N–H and O–H groups in total. The van der Waals surface area contributed by atoms with E-state index >= 15 is 0 Å². The van der Waals surface area contributed by atoms with Gasteiger partial charge >= 0.3 is 0 Å². The number of nitrogens with zero attached hydrogens (tertiary/aromatic N) is 4. The average molecular weight is 348 g/mol. The summed E-state index contributed by atoms with van der Waals surface area (Å²) in [5, 5.41) is 29.8. The van der Waals surface area contributed by atoms with Crippen molar-refractivity contribution in [1.82, 2.24) is 19.3 Å². The fourth-order valence-corrected chi connectivity index (χ4v) is 3.26. The zero-order valence-corrected chi connectivity index (χ0v) is 14.9. The molecule has 0 radical (unpaired) electrons. The Kier molecular flexibility index (Phi) is 3.68. The Hall–Kier alpha value is -3.28. The van der Waals surface area contributed by atoms with Crippen LogP contribution in [0.3, 0.4) is 0 Å². The Morgan fingerprint density at radius 3 is 2.58 bits per heavy atom. The molecule has 0 amide bonds. The Labute approximate surface area is 151 Å². The van der Waals surface area contributed by atoms with Crippen molar-refractivity contribution >= 4 is 10.9 Å². The summed E-state index contributed by atoms with van der Waals surface area (Å²) in [6.45, 7) is 3.98. The molecule has 4 aromatic rings. The number of aromatic nitrogens is 4. The summed E-state index contributed by atoms with van der Waals surface area (Å²) >= 11 is 0. The Morgan fingerprint density at radius 2 is 1.81 bits per heavy atom. The summed E-state index contributed by atoms with van der Waals surface area (Å²) in [6.07, 6.45) is 3.64. The average Bonchev–Trinajstić information content (AvgIpc) is 3.21. The lowest BCUT2D eigenvalue weighted by molar-refractivity contribution is 0.444. The summed E-state index contributed by atoms with van der Waals surface area (Å²) in [6, 6.07) is 11.3. The first kappa shape index (κ1) is 16.2. The van der Waals surface area contributed by atoms with Gasteiger partial charge in [-0.3, -0.25) is 4.57 Å². The van der Waals surface area contributed by atoms with Crippen LogP contribution in [0, 0.1) is 0 Å². The number of fused-ring (bicyclic) bond motifs is 1. The first-order valence-electron chi connectivity index (χ1n) is 8.47. The second-order valence-electron chi connectivity index (χ2n) is 6.78. The van der Waals surface area contributed by atoms with Crippen LogP contribution in [-0.4, -0.2) is 29.5 Å². The topological polar surface area (TPSA) is 76.1 Å². The minimum atomic E-state index is -0.0260. The summed E-state index contributed by atoms with van der Waals surface area (Å²) in [4.78, 5) is 0. The molecule has 0 bridgehead atoms. The molecule has 2 aromatic carbocycles. The van der Waals surface area contributed by atoms with Gasteiger partial charge in [-0.05, 0) is 41.8 Å². The van der Waals surface area contributed by atoms with E-state index in [1.807, 2.05) is 43.8 Å². The first-order valence-corrected chi connectivity index (χ1v) is 8.47. The second kappa shape index (κ2) is 5.91. The van der Waals surface area contributed by atoms with Crippen LogP contribution in [-0.2, 0) is 7.05 Å². The minimum absolute atomic E-state index is 0.0260. The quantitative estimate of drug-likeness (QED) is 0.587. The second-order valence-corrected chi connectivity index (χ2v) is 6.78. The van der Waals surface area contributed by atoms with Crippen LogP contribution in [0.1, 0.15) is 25.3 Å². The highest BCUT2D eigenvalue weighted by molar-refractivity contribution is 5.82. The van der Waals surface area contributed by atoms with Crippen LogP contribution < -0.4 is 0 Å². The van der Waals surface area contributed by atoms with Crippen LogP contribution in [0.5, 0.6) is 11.5 Å². The number of hydrogen-bond acceptors (Lipinski definition) is 4. The van der Waals surface area contributed by atoms with Crippen LogP contribution >= 0.6 is 0 Å². The molecule has 26 heavy (non-hydrogen) atoms. The van der Waals surface area contributed by atoms with Gasteiger partial charge in [-0.2, -0.15) is 0 Å². The molecule has 2 heterocycles. The molecule has 6 nitrogen and oxygen atoms in total. The third kappa shape index (κ3) is 2.50. The smallest absolute Gasteiger partial charge is 0.172 e. The van der Waals surface area contributed by atoms with E-state index in [1.165, 1.54) is 6.07 Å². The highest BCUT2D eigenvalue weighted by Crippen LogP contribution is 2.37. The van der Waals surface area contributed by atoms with E-state index in [9.17, 15) is 10.2 Å². The van der Waals surface area contributed by atoms with Crippen molar-refractivity contribution < 1.29 is 10.2 Å². The molecular formula is C20H20N4O2. The lowest BCUT2D eigenvalue weighted by Gasteiger charge is -2.13. The predicted octanol–water partition coefficient (Wildman–Crippen LogP) is 3.96. The van der Waals surface area contributed by atoms with Gasteiger partial charge < -0.3 is 14.8 Å². The highest BCUT2D eigenvalue weighted by Gasteiger charge is 2.18. The molecule has 0 spiro atoms.